The third-order valence-electron chi connectivity index (χ3n) is 4.39. The first-order valence-electron chi connectivity index (χ1n) is 7.67. The van der Waals surface area contributed by atoms with Gasteiger partial charge in [-0.15, -0.1) is 0 Å². The molecular formula is C15H30N2O. The first-order chi connectivity index (χ1) is 8.68. The van der Waals surface area contributed by atoms with Crippen LogP contribution >= 0.6 is 0 Å². The van der Waals surface area contributed by atoms with Crippen LogP contribution in [0.25, 0.3) is 0 Å². The molecule has 1 heterocycles. The third kappa shape index (κ3) is 3.98. The van der Waals surface area contributed by atoms with E-state index in [1.54, 1.807) is 0 Å². The molecule has 1 atom stereocenters. The van der Waals surface area contributed by atoms with E-state index >= 15 is 0 Å². The van der Waals surface area contributed by atoms with Crippen molar-refractivity contribution in [3.8, 4) is 0 Å². The summed E-state index contributed by atoms with van der Waals surface area (Å²) in [6.07, 6.45) is 6.56. The Balaban J connectivity index is 2.54. The second-order valence-electron chi connectivity index (χ2n) is 5.70. The van der Waals surface area contributed by atoms with Crippen molar-refractivity contribution in [3.05, 3.63) is 0 Å². The summed E-state index contributed by atoms with van der Waals surface area (Å²) >= 11 is 0. The number of hydrogen-bond acceptors (Lipinski definition) is 2. The molecule has 106 valence electrons. The second kappa shape index (κ2) is 7.78. The first-order valence-corrected chi connectivity index (χ1v) is 7.67. The standard InChI is InChI=1S/C15H30N2O/c1-4-8-15(9-7-10-16-12-15)14(18)17-11-13(5-2)6-3/h13,16H,4-12H2,1-3H3,(H,17,18). The van der Waals surface area contributed by atoms with Crippen LogP contribution in [0, 0.1) is 11.3 Å². The summed E-state index contributed by atoms with van der Waals surface area (Å²) in [6.45, 7) is 9.33. The van der Waals surface area contributed by atoms with Crippen molar-refractivity contribution in [2.45, 2.75) is 59.3 Å². The van der Waals surface area contributed by atoms with Crippen LogP contribution in [-0.4, -0.2) is 25.5 Å². The molecule has 1 rings (SSSR count). The minimum atomic E-state index is -0.140. The Kier molecular flexibility index (Phi) is 6.69. The van der Waals surface area contributed by atoms with E-state index in [2.05, 4.69) is 31.4 Å². The predicted molar refractivity (Wildman–Crippen MR) is 76.5 cm³/mol. The topological polar surface area (TPSA) is 41.1 Å². The molecule has 0 spiro atoms. The Hall–Kier alpha value is -0.570. The van der Waals surface area contributed by atoms with Crippen LogP contribution < -0.4 is 10.6 Å². The Morgan fingerprint density at radius 3 is 2.56 bits per heavy atom. The zero-order chi connectivity index (χ0) is 13.4. The van der Waals surface area contributed by atoms with E-state index in [0.29, 0.717) is 5.92 Å². The van der Waals surface area contributed by atoms with Crippen LogP contribution in [-0.2, 0) is 4.79 Å². The maximum atomic E-state index is 12.5. The fourth-order valence-corrected chi connectivity index (χ4v) is 2.97. The van der Waals surface area contributed by atoms with Crippen LogP contribution in [0.1, 0.15) is 59.3 Å². The SMILES string of the molecule is CCCC1(C(=O)NCC(CC)CC)CCCNC1. The summed E-state index contributed by atoms with van der Waals surface area (Å²) < 4.78 is 0. The van der Waals surface area contributed by atoms with Gasteiger partial charge in [0.05, 0.1) is 5.41 Å². The monoisotopic (exact) mass is 254 g/mol. The first kappa shape index (κ1) is 15.5. The van der Waals surface area contributed by atoms with E-state index in [4.69, 9.17) is 0 Å². The molecule has 1 fully saturated rings. The molecule has 18 heavy (non-hydrogen) atoms. The van der Waals surface area contributed by atoms with Crippen LogP contribution in [0.4, 0.5) is 0 Å². The van der Waals surface area contributed by atoms with E-state index in [0.717, 1.165) is 58.2 Å². The van der Waals surface area contributed by atoms with Crippen LogP contribution in [0.5, 0.6) is 0 Å². The van der Waals surface area contributed by atoms with Crippen molar-refractivity contribution in [1.29, 1.82) is 0 Å². The van der Waals surface area contributed by atoms with Crippen LogP contribution in [0.2, 0.25) is 0 Å². The lowest BCUT2D eigenvalue weighted by Gasteiger charge is -2.36. The number of nitrogens with one attached hydrogen (secondary N) is 2. The van der Waals surface area contributed by atoms with Crippen molar-refractivity contribution in [2.24, 2.45) is 11.3 Å². The summed E-state index contributed by atoms with van der Waals surface area (Å²) in [5, 5.41) is 6.60. The van der Waals surface area contributed by atoms with Gasteiger partial charge in [-0.25, -0.2) is 0 Å². The second-order valence-corrected chi connectivity index (χ2v) is 5.70. The lowest BCUT2D eigenvalue weighted by Crippen LogP contribution is -2.51. The van der Waals surface area contributed by atoms with Gasteiger partial charge in [0.15, 0.2) is 0 Å². The lowest BCUT2D eigenvalue weighted by atomic mass is 9.76. The van der Waals surface area contributed by atoms with Gasteiger partial charge < -0.3 is 10.6 Å². The predicted octanol–water partition coefficient (Wildman–Crippen LogP) is 2.71. The molecule has 1 saturated heterocycles. The Labute approximate surface area is 112 Å². The number of carbonyl (C=O) groups excluding carboxylic acids is 1. The Morgan fingerprint density at radius 1 is 1.33 bits per heavy atom. The molecule has 1 unspecified atom stereocenters. The van der Waals surface area contributed by atoms with Crippen molar-refractivity contribution >= 4 is 5.91 Å². The highest BCUT2D eigenvalue weighted by molar-refractivity contribution is 5.83. The van der Waals surface area contributed by atoms with Gasteiger partial charge in [0.2, 0.25) is 5.91 Å². The summed E-state index contributed by atoms with van der Waals surface area (Å²) in [4.78, 5) is 12.5. The smallest absolute Gasteiger partial charge is 0.227 e. The zero-order valence-corrected chi connectivity index (χ0v) is 12.3. The van der Waals surface area contributed by atoms with E-state index < -0.39 is 0 Å². The quantitative estimate of drug-likeness (QED) is 0.733. The Morgan fingerprint density at radius 2 is 2.06 bits per heavy atom. The fraction of sp³-hybridized carbons (Fsp3) is 0.933. The van der Waals surface area contributed by atoms with Gasteiger partial charge in [0.1, 0.15) is 0 Å². The maximum Gasteiger partial charge on any atom is 0.227 e. The fourth-order valence-electron chi connectivity index (χ4n) is 2.97. The molecule has 2 N–H and O–H groups in total. The molecule has 3 nitrogen and oxygen atoms in total. The van der Waals surface area contributed by atoms with Gasteiger partial charge in [-0.3, -0.25) is 4.79 Å². The summed E-state index contributed by atoms with van der Waals surface area (Å²) in [5.74, 6) is 0.910. The average molecular weight is 254 g/mol. The summed E-state index contributed by atoms with van der Waals surface area (Å²) in [5.41, 5.74) is -0.140. The lowest BCUT2D eigenvalue weighted by molar-refractivity contribution is -0.132. The van der Waals surface area contributed by atoms with Crippen LogP contribution in [0.15, 0.2) is 0 Å². The molecule has 1 amide bonds. The molecule has 0 aromatic carbocycles. The van der Waals surface area contributed by atoms with E-state index in [1.807, 2.05) is 0 Å². The highest BCUT2D eigenvalue weighted by Gasteiger charge is 2.38. The highest BCUT2D eigenvalue weighted by atomic mass is 16.2. The van der Waals surface area contributed by atoms with Crippen LogP contribution in [0.3, 0.4) is 0 Å². The average Bonchev–Trinajstić information content (AvgIpc) is 2.41. The molecule has 3 heteroatoms. The van der Waals surface area contributed by atoms with Crippen molar-refractivity contribution in [3.63, 3.8) is 0 Å². The van der Waals surface area contributed by atoms with Gasteiger partial charge in [0.25, 0.3) is 0 Å². The van der Waals surface area contributed by atoms with Crippen molar-refractivity contribution < 1.29 is 4.79 Å². The van der Waals surface area contributed by atoms with Gasteiger partial charge in [-0.2, -0.15) is 0 Å². The van der Waals surface area contributed by atoms with E-state index in [1.165, 1.54) is 0 Å². The highest BCUT2D eigenvalue weighted by Crippen LogP contribution is 2.31. The minimum absolute atomic E-state index is 0.140. The van der Waals surface area contributed by atoms with Gasteiger partial charge in [-0.05, 0) is 31.7 Å². The molecule has 1 aliphatic rings. The van der Waals surface area contributed by atoms with Crippen molar-refractivity contribution in [2.75, 3.05) is 19.6 Å². The third-order valence-corrected chi connectivity index (χ3v) is 4.39. The number of amides is 1. The Bertz CT molecular complexity index is 237. The van der Waals surface area contributed by atoms with E-state index in [-0.39, 0.29) is 11.3 Å². The zero-order valence-electron chi connectivity index (χ0n) is 12.3. The minimum Gasteiger partial charge on any atom is -0.355 e. The summed E-state index contributed by atoms with van der Waals surface area (Å²) in [6, 6.07) is 0. The van der Waals surface area contributed by atoms with Gasteiger partial charge in [-0.1, -0.05) is 40.0 Å². The molecular weight excluding hydrogens is 224 g/mol. The van der Waals surface area contributed by atoms with Crippen molar-refractivity contribution in [1.82, 2.24) is 10.6 Å². The van der Waals surface area contributed by atoms with Gasteiger partial charge in [0, 0.05) is 13.1 Å². The summed E-state index contributed by atoms with van der Waals surface area (Å²) in [7, 11) is 0. The largest absolute Gasteiger partial charge is 0.355 e. The number of rotatable bonds is 7. The molecule has 0 aliphatic carbocycles. The molecule has 0 saturated carbocycles. The maximum absolute atomic E-state index is 12.5. The van der Waals surface area contributed by atoms with Gasteiger partial charge >= 0.3 is 0 Å². The molecule has 0 bridgehead atoms. The molecule has 1 aliphatic heterocycles. The molecule has 0 radical (unpaired) electrons. The number of hydrogen-bond donors (Lipinski definition) is 2. The molecule has 0 aromatic heterocycles. The van der Waals surface area contributed by atoms with E-state index in [9.17, 15) is 4.79 Å². The number of carbonyl (C=O) groups is 1. The normalized spacial score (nSPS) is 24.2. The molecule has 0 aromatic rings. The number of piperidine rings is 1.